The van der Waals surface area contributed by atoms with Crippen LogP contribution in [-0.2, 0) is 16.0 Å². The van der Waals surface area contributed by atoms with Crippen molar-refractivity contribution in [2.45, 2.75) is 12.8 Å². The predicted molar refractivity (Wildman–Crippen MR) is 96.0 cm³/mol. The highest BCUT2D eigenvalue weighted by Crippen LogP contribution is 2.22. The third-order valence-electron chi connectivity index (χ3n) is 4.28. The Morgan fingerprint density at radius 3 is 2.29 bits per heavy atom. The number of fused-ring (bicyclic) bond motifs is 1. The SMILES string of the molecule is O=C(CCc1nc(-c2ccccc2)no1)OCN1C(=O)c2ccccc2C1=O. The lowest BCUT2D eigenvalue weighted by Gasteiger charge is -2.13. The molecule has 1 aliphatic rings. The molecule has 3 aromatic rings. The van der Waals surface area contributed by atoms with Gasteiger partial charge >= 0.3 is 5.97 Å². The van der Waals surface area contributed by atoms with Crippen molar-refractivity contribution >= 4 is 17.8 Å². The fourth-order valence-electron chi connectivity index (χ4n) is 2.83. The molecule has 2 amide bonds. The highest BCUT2D eigenvalue weighted by atomic mass is 16.5. The number of esters is 1. The summed E-state index contributed by atoms with van der Waals surface area (Å²) in [7, 11) is 0. The van der Waals surface area contributed by atoms with Crippen LogP contribution in [0.4, 0.5) is 0 Å². The number of benzene rings is 2. The molecule has 0 saturated carbocycles. The van der Waals surface area contributed by atoms with Gasteiger partial charge in [0.25, 0.3) is 11.8 Å². The molecule has 0 fully saturated rings. The van der Waals surface area contributed by atoms with Crippen LogP contribution in [-0.4, -0.2) is 39.6 Å². The molecule has 0 atom stereocenters. The smallest absolute Gasteiger partial charge is 0.308 e. The molecule has 4 rings (SSSR count). The molecule has 8 heteroatoms. The van der Waals surface area contributed by atoms with Crippen LogP contribution in [0, 0.1) is 0 Å². The van der Waals surface area contributed by atoms with E-state index in [2.05, 4.69) is 10.1 Å². The number of nitrogens with zero attached hydrogens (tertiary/aromatic N) is 3. The van der Waals surface area contributed by atoms with Crippen molar-refractivity contribution in [3.05, 3.63) is 71.6 Å². The van der Waals surface area contributed by atoms with Crippen molar-refractivity contribution in [3.63, 3.8) is 0 Å². The summed E-state index contributed by atoms with van der Waals surface area (Å²) in [6.07, 6.45) is 0.181. The minimum absolute atomic E-state index is 0.0143. The summed E-state index contributed by atoms with van der Waals surface area (Å²) >= 11 is 0. The van der Waals surface area contributed by atoms with E-state index in [1.807, 2.05) is 30.3 Å². The number of rotatable bonds is 6. The Bertz CT molecular complexity index is 1010. The summed E-state index contributed by atoms with van der Waals surface area (Å²) in [6.45, 7) is -0.426. The lowest BCUT2D eigenvalue weighted by Crippen LogP contribution is -2.33. The van der Waals surface area contributed by atoms with E-state index in [1.54, 1.807) is 24.3 Å². The predicted octanol–water partition coefficient (Wildman–Crippen LogP) is 2.47. The molecule has 140 valence electrons. The lowest BCUT2D eigenvalue weighted by atomic mass is 10.1. The zero-order chi connectivity index (χ0) is 19.5. The standard InChI is InChI=1S/C20H15N3O5/c24-17(11-10-16-21-18(22-28-16)13-6-2-1-3-7-13)27-12-23-19(25)14-8-4-5-9-15(14)20(23)26/h1-9H,10-12H2. The van der Waals surface area contributed by atoms with Gasteiger partial charge in [0, 0.05) is 12.0 Å². The van der Waals surface area contributed by atoms with E-state index in [-0.39, 0.29) is 12.8 Å². The number of amides is 2. The van der Waals surface area contributed by atoms with Gasteiger partial charge in [0.05, 0.1) is 17.5 Å². The largest absolute Gasteiger partial charge is 0.444 e. The van der Waals surface area contributed by atoms with Gasteiger partial charge in [-0.3, -0.25) is 14.4 Å². The summed E-state index contributed by atoms with van der Waals surface area (Å²) in [5.74, 6) is -0.779. The van der Waals surface area contributed by atoms with Crippen LogP contribution in [0.25, 0.3) is 11.4 Å². The first kappa shape index (κ1) is 17.6. The van der Waals surface area contributed by atoms with Gasteiger partial charge in [-0.1, -0.05) is 47.6 Å². The Balaban J connectivity index is 1.30. The lowest BCUT2D eigenvalue weighted by molar-refractivity contribution is -0.146. The molecule has 0 N–H and O–H groups in total. The summed E-state index contributed by atoms with van der Waals surface area (Å²) in [5, 5.41) is 3.88. The molecule has 28 heavy (non-hydrogen) atoms. The summed E-state index contributed by atoms with van der Waals surface area (Å²) < 4.78 is 10.2. The first-order chi connectivity index (χ1) is 13.6. The fourth-order valence-corrected chi connectivity index (χ4v) is 2.83. The second-order valence-electron chi connectivity index (χ2n) is 6.11. The van der Waals surface area contributed by atoms with E-state index < -0.39 is 24.5 Å². The third-order valence-corrected chi connectivity index (χ3v) is 4.28. The summed E-state index contributed by atoms with van der Waals surface area (Å²) in [4.78, 5) is 41.6. The van der Waals surface area contributed by atoms with Crippen LogP contribution in [0.5, 0.6) is 0 Å². The molecule has 0 aliphatic carbocycles. The van der Waals surface area contributed by atoms with Crippen molar-refractivity contribution < 1.29 is 23.6 Å². The van der Waals surface area contributed by atoms with E-state index in [9.17, 15) is 14.4 Å². The van der Waals surface area contributed by atoms with Crippen LogP contribution in [0.3, 0.4) is 0 Å². The zero-order valence-corrected chi connectivity index (χ0v) is 14.7. The molecular formula is C20H15N3O5. The van der Waals surface area contributed by atoms with Crippen LogP contribution in [0.2, 0.25) is 0 Å². The highest BCUT2D eigenvalue weighted by molar-refractivity contribution is 6.21. The molecule has 1 aromatic heterocycles. The van der Waals surface area contributed by atoms with Crippen LogP contribution in [0.1, 0.15) is 33.0 Å². The second kappa shape index (κ2) is 7.43. The molecule has 2 aromatic carbocycles. The maximum atomic E-state index is 12.2. The molecule has 1 aliphatic heterocycles. The Morgan fingerprint density at radius 2 is 1.61 bits per heavy atom. The molecule has 8 nitrogen and oxygen atoms in total. The van der Waals surface area contributed by atoms with Gasteiger partial charge < -0.3 is 9.26 Å². The van der Waals surface area contributed by atoms with Gasteiger partial charge in [0.15, 0.2) is 6.73 Å². The van der Waals surface area contributed by atoms with Gasteiger partial charge in [-0.15, -0.1) is 0 Å². The average Bonchev–Trinajstić information content (AvgIpc) is 3.30. The number of ether oxygens (including phenoxy) is 1. The van der Waals surface area contributed by atoms with E-state index in [1.165, 1.54) is 0 Å². The van der Waals surface area contributed by atoms with Gasteiger partial charge in [-0.25, -0.2) is 4.90 Å². The third kappa shape index (κ3) is 3.39. The van der Waals surface area contributed by atoms with Crippen LogP contribution < -0.4 is 0 Å². The number of hydrogen-bond acceptors (Lipinski definition) is 7. The maximum absolute atomic E-state index is 12.2. The minimum atomic E-state index is -0.573. The van der Waals surface area contributed by atoms with Gasteiger partial charge in [-0.05, 0) is 12.1 Å². The number of carbonyl (C=O) groups excluding carboxylic acids is 3. The Labute approximate surface area is 159 Å². The number of aryl methyl sites for hydroxylation is 1. The Hall–Kier alpha value is -3.81. The van der Waals surface area contributed by atoms with Crippen molar-refractivity contribution in [2.24, 2.45) is 0 Å². The van der Waals surface area contributed by atoms with Gasteiger partial charge in [0.2, 0.25) is 11.7 Å². The number of aromatic nitrogens is 2. The topological polar surface area (TPSA) is 103 Å². The molecule has 0 saturated heterocycles. The normalized spacial score (nSPS) is 12.9. The number of carbonyl (C=O) groups is 3. The Kier molecular flexibility index (Phi) is 4.67. The van der Waals surface area contributed by atoms with Crippen LogP contribution in [0.15, 0.2) is 59.1 Å². The zero-order valence-electron chi connectivity index (χ0n) is 14.7. The van der Waals surface area contributed by atoms with E-state index in [0.29, 0.717) is 22.8 Å². The second-order valence-corrected chi connectivity index (χ2v) is 6.11. The molecule has 0 unspecified atom stereocenters. The van der Waals surface area contributed by atoms with Crippen molar-refractivity contribution in [2.75, 3.05) is 6.73 Å². The Morgan fingerprint density at radius 1 is 0.964 bits per heavy atom. The van der Waals surface area contributed by atoms with Crippen molar-refractivity contribution in [1.82, 2.24) is 15.0 Å². The molecule has 0 radical (unpaired) electrons. The van der Waals surface area contributed by atoms with E-state index in [0.717, 1.165) is 10.5 Å². The monoisotopic (exact) mass is 377 g/mol. The van der Waals surface area contributed by atoms with Crippen molar-refractivity contribution in [3.8, 4) is 11.4 Å². The molecular weight excluding hydrogens is 362 g/mol. The average molecular weight is 377 g/mol. The molecule has 0 bridgehead atoms. The number of imide groups is 1. The molecule has 0 spiro atoms. The fraction of sp³-hybridized carbons (Fsp3) is 0.150. The van der Waals surface area contributed by atoms with Gasteiger partial charge in [0.1, 0.15) is 0 Å². The van der Waals surface area contributed by atoms with Crippen molar-refractivity contribution in [1.29, 1.82) is 0 Å². The van der Waals surface area contributed by atoms with E-state index in [4.69, 9.17) is 9.26 Å². The quantitative estimate of drug-likeness (QED) is 0.480. The highest BCUT2D eigenvalue weighted by Gasteiger charge is 2.35. The summed E-state index contributed by atoms with van der Waals surface area (Å²) in [5.41, 5.74) is 1.43. The molecule has 2 heterocycles. The number of hydrogen-bond donors (Lipinski definition) is 0. The summed E-state index contributed by atoms with van der Waals surface area (Å²) in [6, 6.07) is 15.8. The van der Waals surface area contributed by atoms with Gasteiger partial charge in [-0.2, -0.15) is 4.98 Å². The minimum Gasteiger partial charge on any atom is -0.444 e. The maximum Gasteiger partial charge on any atom is 0.308 e. The first-order valence-electron chi connectivity index (χ1n) is 8.62. The van der Waals surface area contributed by atoms with E-state index >= 15 is 0 Å². The first-order valence-corrected chi connectivity index (χ1v) is 8.62. The van der Waals surface area contributed by atoms with Crippen LogP contribution >= 0.6 is 0 Å².